The van der Waals surface area contributed by atoms with E-state index in [4.69, 9.17) is 4.74 Å². The van der Waals surface area contributed by atoms with Gasteiger partial charge in [-0.2, -0.15) is 0 Å². The lowest BCUT2D eigenvalue weighted by atomic mass is 9.75. The van der Waals surface area contributed by atoms with Crippen LogP contribution in [-0.4, -0.2) is 49.2 Å². The van der Waals surface area contributed by atoms with Gasteiger partial charge < -0.3 is 9.64 Å². The summed E-state index contributed by atoms with van der Waals surface area (Å²) in [6, 6.07) is 0.515. The van der Waals surface area contributed by atoms with Gasteiger partial charge in [-0.25, -0.2) is 0 Å². The van der Waals surface area contributed by atoms with Crippen LogP contribution in [0, 0.1) is 11.8 Å². The van der Waals surface area contributed by atoms with Crippen LogP contribution < -0.4 is 5.32 Å². The summed E-state index contributed by atoms with van der Waals surface area (Å²) in [5.74, 6) is 1.69. The van der Waals surface area contributed by atoms with E-state index in [1.807, 2.05) is 6.92 Å². The maximum atomic E-state index is 12.2. The summed E-state index contributed by atoms with van der Waals surface area (Å²) >= 11 is 0. The second kappa shape index (κ2) is 6.25. The van der Waals surface area contributed by atoms with Crippen molar-refractivity contribution < 1.29 is 9.53 Å². The average molecular weight is 294 g/mol. The largest absolute Gasteiger partial charge is 0.468 e. The smallest absolute Gasteiger partial charge is 0.327 e. The molecule has 3 fully saturated rings. The van der Waals surface area contributed by atoms with Gasteiger partial charge in [-0.1, -0.05) is 19.3 Å². The molecular formula is C17H30N2O2. The van der Waals surface area contributed by atoms with E-state index in [1.165, 1.54) is 58.6 Å². The zero-order valence-corrected chi connectivity index (χ0v) is 13.6. The summed E-state index contributed by atoms with van der Waals surface area (Å²) in [4.78, 5) is 14.7. The average Bonchev–Trinajstić information content (AvgIpc) is 3.29. The number of hydrogen-bond donors (Lipinski definition) is 1. The molecule has 0 aromatic heterocycles. The topological polar surface area (TPSA) is 41.6 Å². The highest BCUT2D eigenvalue weighted by atomic mass is 16.5. The lowest BCUT2D eigenvalue weighted by Crippen LogP contribution is -2.59. The van der Waals surface area contributed by atoms with Crippen molar-refractivity contribution >= 4 is 5.97 Å². The zero-order valence-electron chi connectivity index (χ0n) is 13.6. The standard InChI is InChI=1S/C17H30N2O2/c1-17(16(20)21-2,18-15-7-8-15)12-19-10-9-13-5-3-4-6-14(13)11-19/h13-15,18H,3-12H2,1-2H3. The summed E-state index contributed by atoms with van der Waals surface area (Å²) < 4.78 is 5.06. The molecule has 0 radical (unpaired) electrons. The van der Waals surface area contributed by atoms with Crippen LogP contribution in [0.15, 0.2) is 0 Å². The molecule has 120 valence electrons. The predicted molar refractivity (Wildman–Crippen MR) is 83.1 cm³/mol. The van der Waals surface area contributed by atoms with Gasteiger partial charge in [0.25, 0.3) is 0 Å². The highest BCUT2D eigenvalue weighted by Crippen LogP contribution is 2.36. The van der Waals surface area contributed by atoms with Crippen molar-refractivity contribution in [3.8, 4) is 0 Å². The molecule has 3 rings (SSSR count). The second-order valence-corrected chi connectivity index (χ2v) is 7.57. The third-order valence-electron chi connectivity index (χ3n) is 5.65. The molecule has 4 heteroatoms. The quantitative estimate of drug-likeness (QED) is 0.789. The van der Waals surface area contributed by atoms with Crippen LogP contribution in [-0.2, 0) is 9.53 Å². The van der Waals surface area contributed by atoms with Gasteiger partial charge in [0.2, 0.25) is 0 Å². The number of hydrogen-bond acceptors (Lipinski definition) is 4. The van der Waals surface area contributed by atoms with E-state index in [2.05, 4.69) is 10.2 Å². The Morgan fingerprint density at radius 1 is 1.19 bits per heavy atom. The van der Waals surface area contributed by atoms with Gasteiger partial charge >= 0.3 is 5.97 Å². The molecular weight excluding hydrogens is 264 g/mol. The van der Waals surface area contributed by atoms with E-state index in [-0.39, 0.29) is 5.97 Å². The molecule has 4 nitrogen and oxygen atoms in total. The number of carbonyl (C=O) groups is 1. The number of fused-ring (bicyclic) bond motifs is 1. The van der Waals surface area contributed by atoms with Crippen molar-refractivity contribution in [1.82, 2.24) is 10.2 Å². The van der Waals surface area contributed by atoms with E-state index in [1.54, 1.807) is 0 Å². The third-order valence-corrected chi connectivity index (χ3v) is 5.65. The molecule has 1 aliphatic heterocycles. The van der Waals surface area contributed by atoms with Crippen LogP contribution in [0.1, 0.15) is 51.9 Å². The van der Waals surface area contributed by atoms with E-state index < -0.39 is 5.54 Å². The first-order valence-corrected chi connectivity index (χ1v) is 8.69. The number of rotatable bonds is 5. The molecule has 0 aromatic rings. The highest BCUT2D eigenvalue weighted by Gasteiger charge is 2.42. The van der Waals surface area contributed by atoms with Gasteiger partial charge in [0.15, 0.2) is 0 Å². The molecule has 3 atom stereocenters. The van der Waals surface area contributed by atoms with Crippen LogP contribution in [0.5, 0.6) is 0 Å². The molecule has 0 spiro atoms. The Kier molecular flexibility index (Phi) is 4.55. The van der Waals surface area contributed by atoms with E-state index in [9.17, 15) is 4.79 Å². The minimum absolute atomic E-state index is 0.111. The molecule has 2 saturated carbocycles. The summed E-state index contributed by atoms with van der Waals surface area (Å²) in [6.45, 7) is 5.12. The first-order chi connectivity index (χ1) is 10.1. The van der Waals surface area contributed by atoms with Crippen LogP contribution in [0.2, 0.25) is 0 Å². The fourth-order valence-electron chi connectivity index (χ4n) is 4.34. The number of carbonyl (C=O) groups excluding carboxylic acids is 1. The molecule has 0 aromatic carbocycles. The zero-order chi connectivity index (χ0) is 14.9. The monoisotopic (exact) mass is 294 g/mol. The number of ether oxygens (including phenoxy) is 1. The van der Waals surface area contributed by atoms with Gasteiger partial charge in [-0.15, -0.1) is 0 Å². The number of piperidine rings is 1. The fourth-order valence-corrected chi connectivity index (χ4v) is 4.34. The molecule has 3 aliphatic rings. The molecule has 0 amide bonds. The Morgan fingerprint density at radius 3 is 2.57 bits per heavy atom. The fraction of sp³-hybridized carbons (Fsp3) is 0.941. The number of methoxy groups -OCH3 is 1. The van der Waals surface area contributed by atoms with E-state index >= 15 is 0 Å². The van der Waals surface area contributed by atoms with Crippen molar-refractivity contribution in [2.24, 2.45) is 11.8 Å². The minimum Gasteiger partial charge on any atom is -0.468 e. The summed E-state index contributed by atoms with van der Waals surface area (Å²) in [7, 11) is 1.50. The Morgan fingerprint density at radius 2 is 1.90 bits per heavy atom. The molecule has 1 N–H and O–H groups in total. The molecule has 21 heavy (non-hydrogen) atoms. The predicted octanol–water partition coefficient (Wildman–Crippen LogP) is 2.18. The number of likely N-dealkylation sites (tertiary alicyclic amines) is 1. The van der Waals surface area contributed by atoms with Crippen LogP contribution in [0.3, 0.4) is 0 Å². The molecule has 0 bridgehead atoms. The number of nitrogens with zero attached hydrogens (tertiary/aromatic N) is 1. The van der Waals surface area contributed by atoms with Crippen molar-refractivity contribution in [3.05, 3.63) is 0 Å². The summed E-state index contributed by atoms with van der Waals surface area (Å²) in [5, 5.41) is 3.52. The van der Waals surface area contributed by atoms with Crippen molar-refractivity contribution in [1.29, 1.82) is 0 Å². The van der Waals surface area contributed by atoms with Crippen molar-refractivity contribution in [2.45, 2.75) is 63.5 Å². The van der Waals surface area contributed by atoms with E-state index in [0.29, 0.717) is 6.04 Å². The summed E-state index contributed by atoms with van der Waals surface area (Å²) in [5.41, 5.74) is -0.544. The second-order valence-electron chi connectivity index (χ2n) is 7.57. The van der Waals surface area contributed by atoms with Gasteiger partial charge in [0.05, 0.1) is 7.11 Å². The first kappa shape index (κ1) is 15.3. The number of nitrogens with one attached hydrogen (secondary N) is 1. The van der Waals surface area contributed by atoms with Gasteiger partial charge in [0.1, 0.15) is 5.54 Å². The van der Waals surface area contributed by atoms with Gasteiger partial charge in [0, 0.05) is 19.1 Å². The summed E-state index contributed by atoms with van der Waals surface area (Å²) in [6.07, 6.45) is 9.31. The maximum Gasteiger partial charge on any atom is 0.327 e. The Hall–Kier alpha value is -0.610. The lowest BCUT2D eigenvalue weighted by molar-refractivity contribution is -0.149. The minimum atomic E-state index is -0.544. The molecule has 3 unspecified atom stereocenters. The van der Waals surface area contributed by atoms with Crippen molar-refractivity contribution in [2.75, 3.05) is 26.7 Å². The SMILES string of the molecule is COC(=O)C(C)(CN1CCC2CCCCC2C1)NC1CC1. The Labute approximate surface area is 128 Å². The van der Waals surface area contributed by atoms with Crippen molar-refractivity contribution in [3.63, 3.8) is 0 Å². The molecule has 1 heterocycles. The van der Waals surface area contributed by atoms with Crippen LogP contribution in [0.25, 0.3) is 0 Å². The van der Waals surface area contributed by atoms with Crippen LogP contribution in [0.4, 0.5) is 0 Å². The Balaban J connectivity index is 1.60. The first-order valence-electron chi connectivity index (χ1n) is 8.69. The molecule has 1 saturated heterocycles. The van der Waals surface area contributed by atoms with Crippen LogP contribution >= 0.6 is 0 Å². The maximum absolute atomic E-state index is 12.2. The normalized spacial score (nSPS) is 33.0. The third kappa shape index (κ3) is 3.59. The lowest BCUT2D eigenvalue weighted by Gasteiger charge is -2.44. The van der Waals surface area contributed by atoms with E-state index in [0.717, 1.165) is 24.9 Å². The highest BCUT2D eigenvalue weighted by molar-refractivity contribution is 5.80. The Bertz CT molecular complexity index is 383. The van der Waals surface area contributed by atoms with Gasteiger partial charge in [-0.3, -0.25) is 10.1 Å². The van der Waals surface area contributed by atoms with Gasteiger partial charge in [-0.05, 0) is 51.0 Å². The molecule has 2 aliphatic carbocycles. The number of esters is 1.